The van der Waals surface area contributed by atoms with Crippen molar-refractivity contribution in [2.75, 3.05) is 13.1 Å². The van der Waals surface area contributed by atoms with Crippen LogP contribution in [0.15, 0.2) is 63.8 Å². The van der Waals surface area contributed by atoms with Crippen molar-refractivity contribution in [1.82, 2.24) is 10.6 Å². The minimum Gasteiger partial charge on any atom is -0.508 e. The summed E-state index contributed by atoms with van der Waals surface area (Å²) >= 11 is 0. The van der Waals surface area contributed by atoms with Gasteiger partial charge in [0.2, 0.25) is 5.91 Å². The van der Waals surface area contributed by atoms with E-state index < -0.39 is 11.9 Å². The van der Waals surface area contributed by atoms with E-state index in [1.54, 1.807) is 18.2 Å². The van der Waals surface area contributed by atoms with E-state index in [-0.39, 0.29) is 46.1 Å². The zero-order valence-corrected chi connectivity index (χ0v) is 21.0. The molecule has 9 nitrogen and oxygen atoms in total. The van der Waals surface area contributed by atoms with Crippen LogP contribution in [-0.2, 0) is 4.79 Å². The average molecular weight is 527 g/mol. The number of fused-ring (bicyclic) bond motifs is 2. The van der Waals surface area contributed by atoms with E-state index in [1.165, 1.54) is 36.4 Å². The standard InChI is InChI=1S/C30H26N2O7/c1-2-13-31-27(35)6-4-3-5-14-32-29(36)18-7-10-21(24(15-18)30(37)38)28-22-11-8-19(33)16-25(22)39-26-17-20(34)9-12-23(26)28/h1,7-12,15-17,33H,3-6,13-14H2,(H,31,35)(H,32,36)(H,37,38). The topological polar surface area (TPSA) is 146 Å². The largest absolute Gasteiger partial charge is 0.508 e. The van der Waals surface area contributed by atoms with E-state index in [9.17, 15) is 29.4 Å². The van der Waals surface area contributed by atoms with Crippen molar-refractivity contribution in [1.29, 1.82) is 0 Å². The van der Waals surface area contributed by atoms with E-state index in [0.717, 1.165) is 6.42 Å². The maximum Gasteiger partial charge on any atom is 0.336 e. The average Bonchev–Trinajstić information content (AvgIpc) is 2.91. The van der Waals surface area contributed by atoms with Crippen LogP contribution in [0.1, 0.15) is 46.4 Å². The monoisotopic (exact) mass is 526 g/mol. The Morgan fingerprint density at radius 3 is 2.49 bits per heavy atom. The number of aromatic carboxylic acids is 1. The van der Waals surface area contributed by atoms with Crippen molar-refractivity contribution in [2.45, 2.75) is 25.7 Å². The molecule has 0 aromatic heterocycles. The number of phenols is 1. The summed E-state index contributed by atoms with van der Waals surface area (Å²) in [4.78, 5) is 48.6. The lowest BCUT2D eigenvalue weighted by Crippen LogP contribution is -2.25. The van der Waals surface area contributed by atoms with Gasteiger partial charge in [0.1, 0.15) is 17.1 Å². The first-order valence-electron chi connectivity index (χ1n) is 12.3. The number of aromatic hydroxyl groups is 1. The van der Waals surface area contributed by atoms with Gasteiger partial charge in [0.05, 0.1) is 12.1 Å². The van der Waals surface area contributed by atoms with Crippen molar-refractivity contribution in [3.8, 4) is 40.5 Å². The second kappa shape index (κ2) is 12.0. The molecule has 2 aromatic rings. The molecule has 4 rings (SSSR count). The van der Waals surface area contributed by atoms with Crippen molar-refractivity contribution in [3.63, 3.8) is 0 Å². The zero-order chi connectivity index (χ0) is 27.9. The third-order valence-corrected chi connectivity index (χ3v) is 6.21. The number of terminal acetylenes is 1. The van der Waals surface area contributed by atoms with Crippen molar-refractivity contribution in [3.05, 3.63) is 75.9 Å². The molecule has 4 N–H and O–H groups in total. The molecule has 0 atom stereocenters. The number of rotatable bonds is 10. The summed E-state index contributed by atoms with van der Waals surface area (Å²) in [6.07, 6.45) is 7.49. The fourth-order valence-electron chi connectivity index (χ4n) is 4.36. The highest BCUT2D eigenvalue weighted by Crippen LogP contribution is 2.42. The number of carbonyl (C=O) groups excluding carboxylic acids is 2. The Kier molecular flexibility index (Phi) is 8.27. The van der Waals surface area contributed by atoms with Gasteiger partial charge in [-0.05, 0) is 54.8 Å². The van der Waals surface area contributed by atoms with Crippen LogP contribution in [0.3, 0.4) is 0 Å². The second-order valence-corrected chi connectivity index (χ2v) is 8.93. The minimum absolute atomic E-state index is 0.0486. The molecule has 0 fully saturated rings. The van der Waals surface area contributed by atoms with E-state index >= 15 is 0 Å². The summed E-state index contributed by atoms with van der Waals surface area (Å²) in [5, 5.41) is 25.9. The number of hydrogen-bond donors (Lipinski definition) is 4. The smallest absolute Gasteiger partial charge is 0.336 e. The van der Waals surface area contributed by atoms with Crippen LogP contribution in [-0.4, -0.2) is 41.1 Å². The molecular formula is C30H26N2O7. The Labute approximate surface area is 223 Å². The summed E-state index contributed by atoms with van der Waals surface area (Å²) in [6, 6.07) is 13.1. The van der Waals surface area contributed by atoms with Gasteiger partial charge < -0.3 is 25.3 Å². The van der Waals surface area contributed by atoms with Gasteiger partial charge >= 0.3 is 5.97 Å². The van der Waals surface area contributed by atoms with E-state index in [0.29, 0.717) is 47.9 Å². The van der Waals surface area contributed by atoms with E-state index in [2.05, 4.69) is 16.6 Å². The number of amides is 2. The molecule has 1 aliphatic carbocycles. The highest BCUT2D eigenvalue weighted by molar-refractivity contribution is 6.09. The molecule has 1 aliphatic heterocycles. The molecular weight excluding hydrogens is 500 g/mol. The van der Waals surface area contributed by atoms with Crippen LogP contribution in [0.5, 0.6) is 5.75 Å². The zero-order valence-electron chi connectivity index (χ0n) is 21.0. The number of carbonyl (C=O) groups is 3. The van der Waals surface area contributed by atoms with Crippen LogP contribution in [0.25, 0.3) is 33.4 Å². The van der Waals surface area contributed by atoms with Gasteiger partial charge in [-0.2, -0.15) is 0 Å². The van der Waals surface area contributed by atoms with Crippen LogP contribution < -0.4 is 16.1 Å². The fraction of sp³-hybridized carbons (Fsp3) is 0.200. The second-order valence-electron chi connectivity index (χ2n) is 8.93. The molecule has 9 heteroatoms. The van der Waals surface area contributed by atoms with Crippen molar-refractivity contribution in [2.24, 2.45) is 0 Å². The molecule has 0 bridgehead atoms. The summed E-state index contributed by atoms with van der Waals surface area (Å²) < 4.78 is 5.83. The Morgan fingerprint density at radius 1 is 0.923 bits per heavy atom. The normalized spacial score (nSPS) is 10.7. The molecule has 0 radical (unpaired) electrons. The van der Waals surface area contributed by atoms with E-state index in [4.69, 9.17) is 10.8 Å². The van der Waals surface area contributed by atoms with Crippen LogP contribution >= 0.6 is 0 Å². The van der Waals surface area contributed by atoms with Gasteiger partial charge in [-0.3, -0.25) is 14.4 Å². The summed E-state index contributed by atoms with van der Waals surface area (Å²) in [7, 11) is 0. The fourth-order valence-corrected chi connectivity index (χ4v) is 4.36. The molecule has 2 aliphatic rings. The van der Waals surface area contributed by atoms with Gasteiger partial charge in [0.25, 0.3) is 5.91 Å². The predicted molar refractivity (Wildman–Crippen MR) is 146 cm³/mol. The first-order valence-corrected chi connectivity index (χ1v) is 12.3. The Hall–Kier alpha value is -5.10. The third kappa shape index (κ3) is 6.25. The molecule has 1 heterocycles. The summed E-state index contributed by atoms with van der Waals surface area (Å²) in [5.41, 5.74) is 1.41. The maximum atomic E-state index is 12.8. The number of benzene rings is 3. The highest BCUT2D eigenvalue weighted by Gasteiger charge is 2.23. The van der Waals surface area contributed by atoms with Crippen molar-refractivity contribution < 1.29 is 29.0 Å². The lowest BCUT2D eigenvalue weighted by atomic mass is 9.90. The van der Waals surface area contributed by atoms with Crippen LogP contribution in [0.4, 0.5) is 0 Å². The van der Waals surface area contributed by atoms with Crippen LogP contribution in [0, 0.1) is 12.3 Å². The maximum absolute atomic E-state index is 12.8. The summed E-state index contributed by atoms with van der Waals surface area (Å²) in [6.45, 7) is 0.564. The lowest BCUT2D eigenvalue weighted by Gasteiger charge is -2.17. The molecule has 0 unspecified atom stereocenters. The molecule has 0 spiro atoms. The molecule has 2 aromatic carbocycles. The Balaban J connectivity index is 1.57. The first-order chi connectivity index (χ1) is 18.8. The molecule has 198 valence electrons. The van der Waals surface area contributed by atoms with Gasteiger partial charge in [-0.25, -0.2) is 4.79 Å². The number of carboxylic acid groups (broad SMARTS) is 1. The molecule has 0 saturated heterocycles. The quantitative estimate of drug-likeness (QED) is 0.139. The minimum atomic E-state index is -1.23. The Morgan fingerprint density at radius 2 is 1.72 bits per heavy atom. The molecule has 0 saturated carbocycles. The summed E-state index contributed by atoms with van der Waals surface area (Å²) in [5.74, 6) is 0.760. The number of hydrogen-bond acceptors (Lipinski definition) is 6. The number of nitrogens with one attached hydrogen (secondary N) is 2. The highest BCUT2D eigenvalue weighted by atomic mass is 16.4. The third-order valence-electron chi connectivity index (χ3n) is 6.21. The van der Waals surface area contributed by atoms with Gasteiger partial charge in [-0.1, -0.05) is 18.4 Å². The predicted octanol–water partition coefficient (Wildman–Crippen LogP) is 4.01. The molecule has 39 heavy (non-hydrogen) atoms. The van der Waals surface area contributed by atoms with Crippen molar-refractivity contribution >= 4 is 28.8 Å². The van der Waals surface area contributed by atoms with Gasteiger partial charge in [0.15, 0.2) is 5.43 Å². The first kappa shape index (κ1) is 26.9. The van der Waals surface area contributed by atoms with Gasteiger partial charge in [-0.15, -0.1) is 6.42 Å². The Bertz CT molecular complexity index is 1630. The number of unbranched alkanes of at least 4 members (excludes halogenated alkanes) is 2. The SMILES string of the molecule is C#CCNC(=O)CCCCCNC(=O)c1ccc(-c2c3ccc(=O)cc-3oc3cc(O)ccc23)c(C(=O)O)c1. The number of phenolic OH excluding ortho intramolecular Hbond substituents is 1. The van der Waals surface area contributed by atoms with Gasteiger partial charge in [0, 0.05) is 47.2 Å². The number of carboxylic acids is 1. The molecule has 2 amide bonds. The lowest BCUT2D eigenvalue weighted by molar-refractivity contribution is -0.120. The van der Waals surface area contributed by atoms with E-state index in [1.807, 2.05) is 0 Å². The van der Waals surface area contributed by atoms with Crippen LogP contribution in [0.2, 0.25) is 0 Å².